The SMILES string of the molecule is CCCCC(CC)COP(=O)(OCC(CC)CCCC)OCC(CC)C(=O)C(=O)C(=O)CO. The van der Waals surface area contributed by atoms with Crippen molar-refractivity contribution in [1.29, 1.82) is 0 Å². The number of hydrogen-bond acceptors (Lipinski definition) is 8. The molecule has 1 N–H and O–H groups in total. The average Bonchev–Trinajstić information content (AvgIpc) is 2.83. The molecule has 0 bridgehead atoms. The molecule has 0 aliphatic carbocycles. The van der Waals surface area contributed by atoms with Gasteiger partial charge in [0.15, 0.2) is 0 Å². The van der Waals surface area contributed by atoms with Crippen LogP contribution in [-0.4, -0.2) is 48.9 Å². The first-order valence-electron chi connectivity index (χ1n) is 12.5. The number of hydrogen-bond donors (Lipinski definition) is 1. The highest BCUT2D eigenvalue weighted by atomic mass is 31.2. The molecule has 0 aromatic carbocycles. The summed E-state index contributed by atoms with van der Waals surface area (Å²) in [5.74, 6) is -3.97. The first kappa shape index (κ1) is 32.1. The summed E-state index contributed by atoms with van der Waals surface area (Å²) in [6.45, 7) is 9.00. The van der Waals surface area contributed by atoms with Gasteiger partial charge in [-0.2, -0.15) is 0 Å². The van der Waals surface area contributed by atoms with Crippen LogP contribution in [0.1, 0.15) is 92.4 Å². The van der Waals surface area contributed by atoms with Crippen molar-refractivity contribution in [2.24, 2.45) is 17.8 Å². The van der Waals surface area contributed by atoms with Crippen molar-refractivity contribution < 1.29 is 37.6 Å². The predicted molar refractivity (Wildman–Crippen MR) is 128 cm³/mol. The Morgan fingerprint density at radius 2 is 1.21 bits per heavy atom. The standard InChI is InChI=1S/C24H45O8P/c1-6-11-13-19(8-3)16-30-33(29,31-17-20(9-4)14-12-7-2)32-18-21(10-5)23(27)24(28)22(26)15-25/h19-21,25H,6-18H2,1-5H3. The number of unbranched alkanes of at least 4 members (excludes halogenated alkanes) is 2. The van der Waals surface area contributed by atoms with Crippen molar-refractivity contribution >= 4 is 25.2 Å². The highest BCUT2D eigenvalue weighted by Crippen LogP contribution is 2.51. The number of aliphatic hydroxyl groups excluding tert-OH is 1. The van der Waals surface area contributed by atoms with E-state index in [4.69, 9.17) is 18.7 Å². The molecule has 0 aromatic rings. The fourth-order valence-corrected chi connectivity index (χ4v) is 4.63. The molecule has 194 valence electrons. The Bertz CT molecular complexity index is 598. The number of carbonyl (C=O) groups is 3. The summed E-state index contributed by atoms with van der Waals surface area (Å²) in [4.78, 5) is 35.6. The number of ketones is 3. The van der Waals surface area contributed by atoms with Gasteiger partial charge in [-0.15, -0.1) is 0 Å². The minimum atomic E-state index is -3.98. The van der Waals surface area contributed by atoms with Crippen LogP contribution in [0, 0.1) is 17.8 Å². The molecule has 0 radical (unpaired) electrons. The van der Waals surface area contributed by atoms with Crippen molar-refractivity contribution in [3.8, 4) is 0 Å². The van der Waals surface area contributed by atoms with E-state index in [0.717, 1.165) is 51.4 Å². The second kappa shape index (κ2) is 18.4. The van der Waals surface area contributed by atoms with E-state index < -0.39 is 37.7 Å². The van der Waals surface area contributed by atoms with Gasteiger partial charge in [0.25, 0.3) is 5.78 Å². The van der Waals surface area contributed by atoms with Crippen LogP contribution in [0.15, 0.2) is 0 Å². The fourth-order valence-electron chi connectivity index (χ4n) is 3.26. The lowest BCUT2D eigenvalue weighted by atomic mass is 9.97. The van der Waals surface area contributed by atoms with Crippen LogP contribution in [-0.2, 0) is 32.5 Å². The molecule has 33 heavy (non-hydrogen) atoms. The molecular formula is C24H45O8P. The lowest BCUT2D eigenvalue weighted by Gasteiger charge is -2.24. The highest BCUT2D eigenvalue weighted by Gasteiger charge is 2.34. The van der Waals surface area contributed by atoms with Crippen LogP contribution in [0.25, 0.3) is 0 Å². The van der Waals surface area contributed by atoms with Gasteiger partial charge in [-0.25, -0.2) is 4.57 Å². The van der Waals surface area contributed by atoms with Gasteiger partial charge in [0.05, 0.1) is 19.8 Å². The minimum Gasteiger partial charge on any atom is -0.388 e. The van der Waals surface area contributed by atoms with Gasteiger partial charge in [-0.3, -0.25) is 28.0 Å². The molecule has 9 heteroatoms. The molecule has 0 aliphatic heterocycles. The molecule has 0 saturated heterocycles. The fraction of sp³-hybridized carbons (Fsp3) is 0.875. The van der Waals surface area contributed by atoms with Gasteiger partial charge in [0.1, 0.15) is 6.61 Å². The van der Waals surface area contributed by atoms with E-state index in [0.29, 0.717) is 0 Å². The zero-order valence-corrected chi connectivity index (χ0v) is 22.1. The molecule has 3 unspecified atom stereocenters. The van der Waals surface area contributed by atoms with Crippen LogP contribution < -0.4 is 0 Å². The molecule has 0 amide bonds. The second-order valence-corrected chi connectivity index (χ2v) is 10.2. The Morgan fingerprint density at radius 1 is 0.758 bits per heavy atom. The molecular weight excluding hydrogens is 447 g/mol. The predicted octanol–water partition coefficient (Wildman–Crippen LogP) is 5.30. The van der Waals surface area contributed by atoms with E-state index in [1.165, 1.54) is 0 Å². The molecule has 0 saturated carbocycles. The van der Waals surface area contributed by atoms with Crippen molar-refractivity contribution in [3.05, 3.63) is 0 Å². The smallest absolute Gasteiger partial charge is 0.388 e. The normalized spacial score (nSPS) is 16.1. The highest BCUT2D eigenvalue weighted by molar-refractivity contribution is 7.48. The summed E-state index contributed by atoms with van der Waals surface area (Å²) >= 11 is 0. The number of carbonyl (C=O) groups excluding carboxylic acids is 3. The molecule has 0 spiro atoms. The van der Waals surface area contributed by atoms with Gasteiger partial charge in [-0.1, -0.05) is 73.1 Å². The molecule has 8 nitrogen and oxygen atoms in total. The van der Waals surface area contributed by atoms with Crippen LogP contribution in [0.5, 0.6) is 0 Å². The third-order valence-corrected chi connectivity index (χ3v) is 7.34. The van der Waals surface area contributed by atoms with Crippen molar-refractivity contribution in [1.82, 2.24) is 0 Å². The van der Waals surface area contributed by atoms with Crippen molar-refractivity contribution in [3.63, 3.8) is 0 Å². The van der Waals surface area contributed by atoms with Crippen molar-refractivity contribution in [2.75, 3.05) is 26.4 Å². The monoisotopic (exact) mass is 492 g/mol. The van der Waals surface area contributed by atoms with Gasteiger partial charge < -0.3 is 5.11 Å². The third-order valence-electron chi connectivity index (χ3n) is 5.94. The Hall–Kier alpha value is -0.920. The maximum Gasteiger partial charge on any atom is 0.474 e. The third kappa shape index (κ3) is 12.9. The summed E-state index contributed by atoms with van der Waals surface area (Å²) in [7, 11) is -3.98. The quantitative estimate of drug-likeness (QED) is 0.123. The van der Waals surface area contributed by atoms with E-state index in [9.17, 15) is 18.9 Å². The molecule has 0 heterocycles. The summed E-state index contributed by atoms with van der Waals surface area (Å²) < 4.78 is 30.3. The van der Waals surface area contributed by atoms with Crippen LogP contribution in [0.4, 0.5) is 0 Å². The topological polar surface area (TPSA) is 116 Å². The number of Topliss-reactive ketones (excluding diaryl/α,β-unsaturated/α-hetero) is 3. The summed E-state index contributed by atoms with van der Waals surface area (Å²) in [5.41, 5.74) is 0. The molecule has 0 rings (SSSR count). The Morgan fingerprint density at radius 3 is 1.58 bits per heavy atom. The summed E-state index contributed by atoms with van der Waals surface area (Å²) in [6, 6.07) is 0. The second-order valence-electron chi connectivity index (χ2n) is 8.55. The van der Waals surface area contributed by atoms with Crippen molar-refractivity contribution in [2.45, 2.75) is 92.4 Å². The van der Waals surface area contributed by atoms with Gasteiger partial charge in [-0.05, 0) is 31.1 Å². The maximum absolute atomic E-state index is 13.4. The maximum atomic E-state index is 13.4. The zero-order valence-electron chi connectivity index (χ0n) is 21.2. The lowest BCUT2D eigenvalue weighted by molar-refractivity contribution is -0.147. The zero-order chi connectivity index (χ0) is 25.3. The lowest BCUT2D eigenvalue weighted by Crippen LogP contribution is -2.33. The van der Waals surface area contributed by atoms with Crippen LogP contribution in [0.2, 0.25) is 0 Å². The van der Waals surface area contributed by atoms with E-state index >= 15 is 0 Å². The Kier molecular flexibility index (Phi) is 17.9. The minimum absolute atomic E-state index is 0.200. The molecule has 3 atom stereocenters. The Balaban J connectivity index is 5.32. The van der Waals surface area contributed by atoms with Crippen LogP contribution in [0.3, 0.4) is 0 Å². The number of rotatable bonds is 22. The number of phosphoric ester groups is 1. The summed E-state index contributed by atoms with van der Waals surface area (Å²) in [6.07, 6.45) is 7.99. The molecule has 0 fully saturated rings. The molecule has 0 aliphatic rings. The Labute approximate surface area is 199 Å². The van der Waals surface area contributed by atoms with E-state index in [1.54, 1.807) is 6.92 Å². The van der Waals surface area contributed by atoms with Gasteiger partial charge in [0.2, 0.25) is 11.6 Å². The first-order valence-corrected chi connectivity index (χ1v) is 13.9. The molecule has 0 aromatic heterocycles. The van der Waals surface area contributed by atoms with E-state index in [2.05, 4.69) is 13.8 Å². The van der Waals surface area contributed by atoms with E-state index in [1.807, 2.05) is 13.8 Å². The summed E-state index contributed by atoms with van der Waals surface area (Å²) in [5, 5.41) is 8.84. The van der Waals surface area contributed by atoms with Gasteiger partial charge in [0, 0.05) is 5.92 Å². The number of aliphatic hydroxyl groups is 1. The van der Waals surface area contributed by atoms with Crippen LogP contribution >= 0.6 is 7.82 Å². The van der Waals surface area contributed by atoms with Gasteiger partial charge >= 0.3 is 7.82 Å². The largest absolute Gasteiger partial charge is 0.474 e. The van der Waals surface area contributed by atoms with E-state index in [-0.39, 0.29) is 38.1 Å². The average molecular weight is 493 g/mol. The first-order chi connectivity index (χ1) is 15.7. The number of phosphoric acid groups is 1.